The third kappa shape index (κ3) is 4.72. The first-order valence-corrected chi connectivity index (χ1v) is 8.67. The van der Waals surface area contributed by atoms with Crippen molar-refractivity contribution in [3.63, 3.8) is 0 Å². The fourth-order valence-corrected chi connectivity index (χ4v) is 3.62. The minimum atomic E-state index is -0.877. The van der Waals surface area contributed by atoms with Crippen molar-refractivity contribution < 1.29 is 19.4 Å². The Hall–Kier alpha value is -1.53. The summed E-state index contributed by atoms with van der Waals surface area (Å²) < 4.78 is 5.18. The predicted octanol–water partition coefficient (Wildman–Crippen LogP) is 2.75. The molecule has 1 aliphatic heterocycles. The second-order valence-electron chi connectivity index (χ2n) is 5.79. The van der Waals surface area contributed by atoms with Crippen LogP contribution in [0.4, 0.5) is 0 Å². The number of ether oxygens (including phenoxy) is 1. The molecular weight excluding hydrogens is 314 g/mol. The van der Waals surface area contributed by atoms with E-state index in [1.807, 2.05) is 23.1 Å². The number of methoxy groups -OCH3 is 1. The van der Waals surface area contributed by atoms with Crippen molar-refractivity contribution in [1.82, 2.24) is 4.90 Å². The first-order chi connectivity index (χ1) is 11.0. The summed E-state index contributed by atoms with van der Waals surface area (Å²) in [6, 6.07) is 7.24. The van der Waals surface area contributed by atoms with E-state index in [0.717, 1.165) is 37.4 Å². The SMILES string of the molecule is COCC1CCN(C(=O)c2ccccc2SC(C)C(=O)O)CC1. The van der Waals surface area contributed by atoms with Gasteiger partial charge in [-0.1, -0.05) is 12.1 Å². The zero-order valence-electron chi connectivity index (χ0n) is 13.5. The molecule has 6 heteroatoms. The highest BCUT2D eigenvalue weighted by atomic mass is 32.2. The molecule has 1 heterocycles. The lowest BCUT2D eigenvalue weighted by Crippen LogP contribution is -2.39. The predicted molar refractivity (Wildman–Crippen MR) is 89.9 cm³/mol. The van der Waals surface area contributed by atoms with Crippen LogP contribution in [0.15, 0.2) is 29.2 Å². The van der Waals surface area contributed by atoms with E-state index in [9.17, 15) is 9.59 Å². The molecule has 0 saturated carbocycles. The van der Waals surface area contributed by atoms with Crippen LogP contribution in [0.5, 0.6) is 0 Å². The van der Waals surface area contributed by atoms with Crippen molar-refractivity contribution in [2.45, 2.75) is 29.9 Å². The Bertz CT molecular complexity index is 555. The summed E-state index contributed by atoms with van der Waals surface area (Å²) in [4.78, 5) is 26.4. The largest absolute Gasteiger partial charge is 0.480 e. The van der Waals surface area contributed by atoms with Crippen LogP contribution in [0.3, 0.4) is 0 Å². The maximum atomic E-state index is 12.8. The van der Waals surface area contributed by atoms with E-state index < -0.39 is 11.2 Å². The Balaban J connectivity index is 2.06. The minimum Gasteiger partial charge on any atom is -0.480 e. The number of hydrogen-bond donors (Lipinski definition) is 1. The van der Waals surface area contributed by atoms with E-state index in [4.69, 9.17) is 9.84 Å². The molecule has 1 atom stereocenters. The standard InChI is InChI=1S/C17H23NO4S/c1-12(17(20)21)23-15-6-4-3-5-14(15)16(19)18-9-7-13(8-10-18)11-22-2/h3-6,12-13H,7-11H2,1-2H3,(H,20,21). The van der Waals surface area contributed by atoms with Gasteiger partial charge in [-0.05, 0) is 37.8 Å². The van der Waals surface area contributed by atoms with Crippen LogP contribution in [0, 0.1) is 5.92 Å². The van der Waals surface area contributed by atoms with Gasteiger partial charge in [0.15, 0.2) is 0 Å². The Morgan fingerprint density at radius 2 is 2.00 bits per heavy atom. The minimum absolute atomic E-state index is 0.0124. The zero-order valence-corrected chi connectivity index (χ0v) is 14.3. The van der Waals surface area contributed by atoms with Crippen molar-refractivity contribution >= 4 is 23.6 Å². The number of rotatable bonds is 6. The summed E-state index contributed by atoms with van der Waals surface area (Å²) in [5, 5.41) is 8.49. The Morgan fingerprint density at radius 3 is 2.61 bits per heavy atom. The third-order valence-electron chi connectivity index (χ3n) is 4.07. The number of carbonyl (C=O) groups is 2. The van der Waals surface area contributed by atoms with Gasteiger partial charge in [0.25, 0.3) is 5.91 Å². The van der Waals surface area contributed by atoms with Crippen LogP contribution in [-0.4, -0.2) is 53.9 Å². The number of nitrogens with zero attached hydrogens (tertiary/aromatic N) is 1. The monoisotopic (exact) mass is 337 g/mol. The first-order valence-electron chi connectivity index (χ1n) is 7.79. The van der Waals surface area contributed by atoms with Crippen molar-refractivity contribution in [1.29, 1.82) is 0 Å². The van der Waals surface area contributed by atoms with Gasteiger partial charge in [-0.25, -0.2) is 0 Å². The Morgan fingerprint density at radius 1 is 1.35 bits per heavy atom. The molecule has 1 N–H and O–H groups in total. The summed E-state index contributed by atoms with van der Waals surface area (Å²) >= 11 is 1.21. The summed E-state index contributed by atoms with van der Waals surface area (Å²) in [5.41, 5.74) is 0.593. The van der Waals surface area contributed by atoms with Gasteiger partial charge in [0.1, 0.15) is 5.25 Å². The first kappa shape index (κ1) is 17.8. The molecule has 5 nitrogen and oxygen atoms in total. The average molecular weight is 337 g/mol. The molecule has 1 aromatic carbocycles. The lowest BCUT2D eigenvalue weighted by molar-refractivity contribution is -0.136. The van der Waals surface area contributed by atoms with Crippen LogP contribution in [0.2, 0.25) is 0 Å². The maximum Gasteiger partial charge on any atom is 0.316 e. The van der Waals surface area contributed by atoms with E-state index in [-0.39, 0.29) is 5.91 Å². The van der Waals surface area contributed by atoms with Crippen LogP contribution >= 0.6 is 11.8 Å². The van der Waals surface area contributed by atoms with E-state index in [1.165, 1.54) is 11.8 Å². The molecule has 23 heavy (non-hydrogen) atoms. The molecule has 1 aliphatic rings. The Kier molecular flexibility index (Phi) is 6.47. The molecule has 0 aliphatic carbocycles. The second kappa shape index (κ2) is 8.36. The maximum absolute atomic E-state index is 12.8. The van der Waals surface area contributed by atoms with Crippen molar-refractivity contribution in [2.75, 3.05) is 26.8 Å². The number of carboxylic acids is 1. The molecule has 1 saturated heterocycles. The fourth-order valence-electron chi connectivity index (χ4n) is 2.70. The van der Waals surface area contributed by atoms with Gasteiger partial charge in [0, 0.05) is 31.7 Å². The fraction of sp³-hybridized carbons (Fsp3) is 0.529. The number of aliphatic carboxylic acids is 1. The second-order valence-corrected chi connectivity index (χ2v) is 7.17. The number of carboxylic acid groups (broad SMARTS) is 1. The molecule has 1 unspecified atom stereocenters. The number of thioether (sulfide) groups is 1. The number of piperidine rings is 1. The Labute approximate surface area is 141 Å². The van der Waals surface area contributed by atoms with Gasteiger partial charge in [-0.2, -0.15) is 0 Å². The third-order valence-corrected chi connectivity index (χ3v) is 5.24. The highest BCUT2D eigenvalue weighted by Gasteiger charge is 2.26. The molecule has 1 amide bonds. The lowest BCUT2D eigenvalue weighted by atomic mass is 9.97. The molecule has 126 valence electrons. The topological polar surface area (TPSA) is 66.8 Å². The van der Waals surface area contributed by atoms with Gasteiger partial charge in [-0.15, -0.1) is 11.8 Å². The van der Waals surface area contributed by atoms with Gasteiger partial charge in [0.05, 0.1) is 5.56 Å². The smallest absolute Gasteiger partial charge is 0.316 e. The molecule has 0 bridgehead atoms. The highest BCUT2D eigenvalue weighted by molar-refractivity contribution is 8.00. The average Bonchev–Trinajstić information content (AvgIpc) is 2.55. The number of likely N-dealkylation sites (tertiary alicyclic amines) is 1. The van der Waals surface area contributed by atoms with Gasteiger partial charge in [-0.3, -0.25) is 9.59 Å². The van der Waals surface area contributed by atoms with Gasteiger partial charge in [0.2, 0.25) is 0 Å². The normalized spacial score (nSPS) is 17.0. The van der Waals surface area contributed by atoms with Crippen molar-refractivity contribution in [3.8, 4) is 0 Å². The number of carbonyl (C=O) groups excluding carboxylic acids is 1. The van der Waals surface area contributed by atoms with Gasteiger partial charge < -0.3 is 14.7 Å². The van der Waals surface area contributed by atoms with Crippen molar-refractivity contribution in [2.24, 2.45) is 5.92 Å². The summed E-state index contributed by atoms with van der Waals surface area (Å²) in [6.45, 7) is 3.82. The van der Waals surface area contributed by atoms with E-state index in [0.29, 0.717) is 11.5 Å². The van der Waals surface area contributed by atoms with E-state index in [2.05, 4.69) is 0 Å². The molecular formula is C17H23NO4S. The summed E-state index contributed by atoms with van der Waals surface area (Å²) in [7, 11) is 1.70. The highest BCUT2D eigenvalue weighted by Crippen LogP contribution is 2.29. The summed E-state index contributed by atoms with van der Waals surface area (Å²) in [6.07, 6.45) is 1.89. The van der Waals surface area contributed by atoms with Crippen LogP contribution in [0.25, 0.3) is 0 Å². The lowest BCUT2D eigenvalue weighted by Gasteiger charge is -2.32. The summed E-state index contributed by atoms with van der Waals surface area (Å²) in [5.74, 6) is -0.375. The van der Waals surface area contributed by atoms with Crippen LogP contribution in [0.1, 0.15) is 30.1 Å². The molecule has 0 spiro atoms. The molecule has 0 aromatic heterocycles. The van der Waals surface area contributed by atoms with Gasteiger partial charge >= 0.3 is 5.97 Å². The molecule has 1 fully saturated rings. The number of benzene rings is 1. The molecule has 1 aromatic rings. The van der Waals surface area contributed by atoms with Crippen LogP contribution in [-0.2, 0) is 9.53 Å². The van der Waals surface area contributed by atoms with E-state index >= 15 is 0 Å². The zero-order chi connectivity index (χ0) is 16.8. The number of amides is 1. The van der Waals surface area contributed by atoms with E-state index in [1.54, 1.807) is 20.1 Å². The molecule has 0 radical (unpaired) electrons. The van der Waals surface area contributed by atoms with Crippen molar-refractivity contribution in [3.05, 3.63) is 29.8 Å². The molecule has 2 rings (SSSR count). The van der Waals surface area contributed by atoms with Crippen LogP contribution < -0.4 is 0 Å². The quantitative estimate of drug-likeness (QED) is 0.809. The number of hydrogen-bond acceptors (Lipinski definition) is 4.